The van der Waals surface area contributed by atoms with Crippen LogP contribution in [0.3, 0.4) is 0 Å². The number of halogens is 1. The van der Waals surface area contributed by atoms with Crippen LogP contribution in [0.2, 0.25) is 0 Å². The van der Waals surface area contributed by atoms with Crippen molar-refractivity contribution in [3.63, 3.8) is 0 Å². The molecule has 1 aliphatic heterocycles. The molecule has 1 heterocycles. The zero-order valence-corrected chi connectivity index (χ0v) is 15.8. The molecule has 0 aliphatic carbocycles. The van der Waals surface area contributed by atoms with Crippen LogP contribution in [0.5, 0.6) is 0 Å². The minimum absolute atomic E-state index is 0.0303. The molecule has 0 unspecified atom stereocenters. The van der Waals surface area contributed by atoms with Gasteiger partial charge in [0.15, 0.2) is 5.70 Å². The molecule has 0 saturated carbocycles. The summed E-state index contributed by atoms with van der Waals surface area (Å²) in [6.45, 7) is 5.44. The predicted molar refractivity (Wildman–Crippen MR) is 106 cm³/mol. The maximum atomic E-state index is 13.9. The number of cyclic esters (lactones) is 1. The van der Waals surface area contributed by atoms with E-state index in [9.17, 15) is 9.18 Å². The lowest BCUT2D eigenvalue weighted by Gasteiger charge is -2.22. The van der Waals surface area contributed by atoms with Crippen LogP contribution in [-0.2, 0) is 9.53 Å². The normalized spacial score (nSPS) is 14.6. The zero-order valence-electron chi connectivity index (χ0n) is 15.8. The second-order valence-electron chi connectivity index (χ2n) is 6.34. The second kappa shape index (κ2) is 8.49. The van der Waals surface area contributed by atoms with Gasteiger partial charge in [-0.25, -0.2) is 14.2 Å². The lowest BCUT2D eigenvalue weighted by atomic mass is 10.1. The van der Waals surface area contributed by atoms with E-state index < -0.39 is 11.8 Å². The third-order valence-corrected chi connectivity index (χ3v) is 4.51. The van der Waals surface area contributed by atoms with E-state index in [0.717, 1.165) is 23.4 Å². The molecule has 2 aromatic rings. The molecule has 0 radical (unpaired) electrons. The highest BCUT2D eigenvalue weighted by Crippen LogP contribution is 2.24. The molecule has 3 rings (SSSR count). The number of hydrogen-bond acceptors (Lipinski definition) is 5. The van der Waals surface area contributed by atoms with E-state index in [4.69, 9.17) is 10.00 Å². The Balaban J connectivity index is 1.88. The molecule has 0 spiro atoms. The lowest BCUT2D eigenvalue weighted by Crippen LogP contribution is -2.23. The summed E-state index contributed by atoms with van der Waals surface area (Å²) in [5, 5.41) is 8.80. The fourth-order valence-electron chi connectivity index (χ4n) is 2.98. The summed E-state index contributed by atoms with van der Waals surface area (Å²) >= 11 is 0. The molecule has 6 heteroatoms. The largest absolute Gasteiger partial charge is 0.402 e. The van der Waals surface area contributed by atoms with E-state index in [1.54, 1.807) is 18.2 Å². The summed E-state index contributed by atoms with van der Waals surface area (Å²) in [5.74, 6) is -1.13. The summed E-state index contributed by atoms with van der Waals surface area (Å²) < 4.78 is 19.1. The van der Waals surface area contributed by atoms with Crippen molar-refractivity contribution in [2.24, 2.45) is 4.99 Å². The van der Waals surface area contributed by atoms with Crippen LogP contribution >= 0.6 is 0 Å². The van der Waals surface area contributed by atoms with Gasteiger partial charge in [0.25, 0.3) is 0 Å². The fraction of sp³-hybridized carbons (Fsp3) is 0.227. The molecule has 0 N–H and O–H groups in total. The van der Waals surface area contributed by atoms with E-state index in [-0.39, 0.29) is 17.2 Å². The molecule has 5 nitrogen and oxygen atoms in total. The number of nitriles is 1. The molecule has 142 valence electrons. The number of carbonyl (C=O) groups excluding carboxylic acids is 1. The highest BCUT2D eigenvalue weighted by atomic mass is 19.1. The van der Waals surface area contributed by atoms with Gasteiger partial charge in [-0.05, 0) is 55.3 Å². The van der Waals surface area contributed by atoms with Crippen molar-refractivity contribution in [3.8, 4) is 6.07 Å². The van der Waals surface area contributed by atoms with Crippen LogP contribution < -0.4 is 4.90 Å². The predicted octanol–water partition coefficient (Wildman–Crippen LogP) is 4.22. The molecule has 0 bridgehead atoms. The number of carbonyl (C=O) groups is 1. The van der Waals surface area contributed by atoms with Crippen LogP contribution in [0.25, 0.3) is 6.08 Å². The maximum Gasteiger partial charge on any atom is 0.363 e. The standard InChI is InChI=1S/C22H20FN3O2/c1-3-26(12-6-11-24)17-10-9-16(15(2)13-17)14-20-22(27)28-21(25-20)18-7-4-5-8-19(18)23/h4-5,7-10,13-14H,3,6,12H2,1-2H3/b20-14-. The first-order chi connectivity index (χ1) is 13.5. The Bertz CT molecular complexity index is 1010. The smallest absolute Gasteiger partial charge is 0.363 e. The molecule has 0 atom stereocenters. The third kappa shape index (κ3) is 4.09. The van der Waals surface area contributed by atoms with Crippen LogP contribution in [0, 0.1) is 24.1 Å². The van der Waals surface area contributed by atoms with E-state index in [2.05, 4.69) is 16.0 Å². The molecular formula is C22H20FN3O2. The Morgan fingerprint density at radius 2 is 2.07 bits per heavy atom. The van der Waals surface area contributed by atoms with Crippen molar-refractivity contribution in [1.82, 2.24) is 0 Å². The van der Waals surface area contributed by atoms with Crippen molar-refractivity contribution >= 4 is 23.6 Å². The average Bonchev–Trinajstić information content (AvgIpc) is 3.05. The summed E-state index contributed by atoms with van der Waals surface area (Å²) in [6, 6.07) is 14.0. The Kier molecular flexibility index (Phi) is 5.85. The Labute approximate surface area is 163 Å². The van der Waals surface area contributed by atoms with Gasteiger partial charge >= 0.3 is 5.97 Å². The van der Waals surface area contributed by atoms with Crippen molar-refractivity contribution in [2.45, 2.75) is 20.3 Å². The first kappa shape index (κ1) is 19.3. The Hall–Kier alpha value is -3.46. The highest BCUT2D eigenvalue weighted by Gasteiger charge is 2.26. The minimum Gasteiger partial charge on any atom is -0.402 e. The number of rotatable bonds is 6. The fourth-order valence-corrected chi connectivity index (χ4v) is 2.98. The van der Waals surface area contributed by atoms with Crippen molar-refractivity contribution in [2.75, 3.05) is 18.0 Å². The van der Waals surface area contributed by atoms with E-state index in [1.807, 2.05) is 32.0 Å². The van der Waals surface area contributed by atoms with Gasteiger partial charge in [-0.15, -0.1) is 0 Å². The lowest BCUT2D eigenvalue weighted by molar-refractivity contribution is -0.129. The van der Waals surface area contributed by atoms with Crippen LogP contribution in [0.15, 0.2) is 53.2 Å². The van der Waals surface area contributed by atoms with Gasteiger partial charge in [-0.1, -0.05) is 18.2 Å². The second-order valence-corrected chi connectivity index (χ2v) is 6.34. The van der Waals surface area contributed by atoms with Crippen LogP contribution in [0.4, 0.5) is 10.1 Å². The number of benzene rings is 2. The van der Waals surface area contributed by atoms with E-state index in [0.29, 0.717) is 13.0 Å². The first-order valence-corrected chi connectivity index (χ1v) is 9.03. The quantitative estimate of drug-likeness (QED) is 0.558. The Morgan fingerprint density at radius 1 is 1.29 bits per heavy atom. The molecule has 28 heavy (non-hydrogen) atoms. The molecule has 0 aromatic heterocycles. The van der Waals surface area contributed by atoms with Gasteiger partial charge in [0.1, 0.15) is 5.82 Å². The number of hydrogen-bond donors (Lipinski definition) is 0. The number of anilines is 1. The van der Waals surface area contributed by atoms with Gasteiger partial charge in [0.2, 0.25) is 5.90 Å². The van der Waals surface area contributed by atoms with Gasteiger partial charge in [0, 0.05) is 18.8 Å². The van der Waals surface area contributed by atoms with Crippen LogP contribution in [0.1, 0.15) is 30.0 Å². The van der Waals surface area contributed by atoms with Crippen LogP contribution in [-0.4, -0.2) is 25.0 Å². The average molecular weight is 377 g/mol. The number of aryl methyl sites for hydroxylation is 1. The first-order valence-electron chi connectivity index (χ1n) is 9.03. The van der Waals surface area contributed by atoms with Gasteiger partial charge < -0.3 is 9.64 Å². The highest BCUT2D eigenvalue weighted by molar-refractivity contribution is 6.13. The van der Waals surface area contributed by atoms with Crippen molar-refractivity contribution in [3.05, 3.63) is 70.7 Å². The topological polar surface area (TPSA) is 65.7 Å². The molecule has 2 aromatic carbocycles. The van der Waals surface area contributed by atoms with E-state index in [1.165, 1.54) is 12.1 Å². The third-order valence-electron chi connectivity index (χ3n) is 4.51. The molecule has 0 saturated heterocycles. The molecular weight excluding hydrogens is 357 g/mol. The number of ether oxygens (including phenoxy) is 1. The van der Waals surface area contributed by atoms with Gasteiger partial charge in [-0.3, -0.25) is 0 Å². The van der Waals surface area contributed by atoms with Gasteiger partial charge in [-0.2, -0.15) is 5.26 Å². The maximum absolute atomic E-state index is 13.9. The molecule has 0 amide bonds. The number of nitrogens with zero attached hydrogens (tertiary/aromatic N) is 3. The summed E-state index contributed by atoms with van der Waals surface area (Å²) in [4.78, 5) is 18.4. The molecule has 1 aliphatic rings. The summed E-state index contributed by atoms with van der Waals surface area (Å²) in [6.07, 6.45) is 2.10. The monoisotopic (exact) mass is 377 g/mol. The van der Waals surface area contributed by atoms with Crippen molar-refractivity contribution in [1.29, 1.82) is 5.26 Å². The molecule has 0 fully saturated rings. The van der Waals surface area contributed by atoms with E-state index >= 15 is 0 Å². The summed E-state index contributed by atoms with van der Waals surface area (Å²) in [7, 11) is 0. The van der Waals surface area contributed by atoms with Crippen molar-refractivity contribution < 1.29 is 13.9 Å². The number of esters is 1. The zero-order chi connectivity index (χ0) is 20.1. The minimum atomic E-state index is -0.606. The SMILES string of the molecule is CCN(CCC#N)c1ccc(/C=C2\N=C(c3ccccc3F)OC2=O)c(C)c1. The number of aliphatic imine (C=N–C) groups is 1. The summed E-state index contributed by atoms with van der Waals surface area (Å²) in [5.41, 5.74) is 3.09. The Morgan fingerprint density at radius 3 is 2.75 bits per heavy atom. The van der Waals surface area contributed by atoms with Gasteiger partial charge in [0.05, 0.1) is 18.1 Å².